The molecule has 0 fully saturated rings. The lowest BCUT2D eigenvalue weighted by molar-refractivity contribution is 0.00690. The summed E-state index contributed by atoms with van der Waals surface area (Å²) < 4.78 is 16.0. The van der Waals surface area contributed by atoms with Crippen LogP contribution in [0, 0.1) is 0 Å². The zero-order valence-corrected chi connectivity index (χ0v) is 12.3. The van der Waals surface area contributed by atoms with Gasteiger partial charge in [-0.15, -0.1) is 0 Å². The third-order valence-corrected chi connectivity index (χ3v) is 2.23. The fourth-order valence-corrected chi connectivity index (χ4v) is 1.45. The highest BCUT2D eigenvalue weighted by Gasteiger charge is 2.18. The predicted molar refractivity (Wildman–Crippen MR) is 77.0 cm³/mol. The highest BCUT2D eigenvalue weighted by Crippen LogP contribution is 2.17. The highest BCUT2D eigenvalue weighted by atomic mass is 16.6. The van der Waals surface area contributed by atoms with E-state index in [1.807, 2.05) is 20.8 Å². The minimum Gasteiger partial charge on any atom is -0.491 e. The van der Waals surface area contributed by atoms with Crippen LogP contribution in [0.2, 0.25) is 0 Å². The molecule has 2 N–H and O–H groups in total. The van der Waals surface area contributed by atoms with Gasteiger partial charge in [0.25, 0.3) is 0 Å². The van der Waals surface area contributed by atoms with Crippen molar-refractivity contribution in [3.63, 3.8) is 0 Å². The van der Waals surface area contributed by atoms with Crippen LogP contribution in [-0.2, 0) is 9.47 Å². The number of esters is 1. The first kappa shape index (κ1) is 16.5. The third kappa shape index (κ3) is 6.54. The van der Waals surface area contributed by atoms with E-state index in [-0.39, 0.29) is 5.97 Å². The van der Waals surface area contributed by atoms with Gasteiger partial charge in [0.15, 0.2) is 0 Å². The van der Waals surface area contributed by atoms with Crippen molar-refractivity contribution in [3.05, 3.63) is 29.8 Å². The predicted octanol–water partition coefficient (Wildman–Crippen LogP) is 2.00. The maximum absolute atomic E-state index is 11.9. The second-order valence-electron chi connectivity index (χ2n) is 5.28. The molecule has 5 heteroatoms. The van der Waals surface area contributed by atoms with Gasteiger partial charge in [0.2, 0.25) is 0 Å². The largest absolute Gasteiger partial charge is 0.491 e. The molecule has 0 saturated carbocycles. The summed E-state index contributed by atoms with van der Waals surface area (Å²) >= 11 is 0. The first-order valence-electron chi connectivity index (χ1n) is 6.66. The van der Waals surface area contributed by atoms with Crippen molar-refractivity contribution in [1.82, 2.24) is 0 Å². The van der Waals surface area contributed by atoms with Gasteiger partial charge in [0, 0.05) is 6.54 Å². The lowest BCUT2D eigenvalue weighted by Gasteiger charge is -2.19. The van der Waals surface area contributed by atoms with Gasteiger partial charge in [-0.3, -0.25) is 0 Å². The maximum Gasteiger partial charge on any atom is 0.338 e. The van der Waals surface area contributed by atoms with E-state index in [4.69, 9.17) is 19.9 Å². The van der Waals surface area contributed by atoms with E-state index in [0.29, 0.717) is 37.7 Å². The van der Waals surface area contributed by atoms with Crippen molar-refractivity contribution in [2.24, 2.45) is 5.73 Å². The summed E-state index contributed by atoms with van der Waals surface area (Å²) in [5, 5.41) is 0. The molecule has 0 bridgehead atoms. The summed E-state index contributed by atoms with van der Waals surface area (Å²) in [6.45, 7) is 7.39. The van der Waals surface area contributed by atoms with Crippen LogP contribution in [0.5, 0.6) is 5.75 Å². The quantitative estimate of drug-likeness (QED) is 0.611. The summed E-state index contributed by atoms with van der Waals surface area (Å²) in [4.78, 5) is 11.9. The number of hydrogen-bond acceptors (Lipinski definition) is 5. The molecule has 0 amide bonds. The number of carbonyl (C=O) groups excluding carboxylic acids is 1. The number of nitrogens with two attached hydrogens (primary N) is 1. The second-order valence-corrected chi connectivity index (χ2v) is 5.28. The standard InChI is InChI=1S/C15H23NO4/c1-15(2,3)20-14(17)12-5-4-6-13(11-12)19-10-9-18-8-7-16/h4-6,11H,7-10,16H2,1-3H3. The Labute approximate surface area is 120 Å². The molecule has 5 nitrogen and oxygen atoms in total. The molecule has 0 aliphatic rings. The normalized spacial score (nSPS) is 11.2. The monoisotopic (exact) mass is 281 g/mol. The molecular formula is C15H23NO4. The average Bonchev–Trinajstić information content (AvgIpc) is 2.37. The van der Waals surface area contributed by atoms with E-state index in [1.54, 1.807) is 24.3 Å². The average molecular weight is 281 g/mol. The number of ether oxygens (including phenoxy) is 3. The molecule has 0 atom stereocenters. The zero-order chi connectivity index (χ0) is 15.0. The summed E-state index contributed by atoms with van der Waals surface area (Å²) in [6.07, 6.45) is 0. The molecule has 0 radical (unpaired) electrons. The van der Waals surface area contributed by atoms with Crippen molar-refractivity contribution in [1.29, 1.82) is 0 Å². The Morgan fingerprint density at radius 3 is 2.60 bits per heavy atom. The van der Waals surface area contributed by atoms with Crippen LogP contribution in [-0.4, -0.2) is 37.9 Å². The van der Waals surface area contributed by atoms with Gasteiger partial charge in [-0.05, 0) is 39.0 Å². The van der Waals surface area contributed by atoms with E-state index in [0.717, 1.165) is 0 Å². The van der Waals surface area contributed by atoms with Gasteiger partial charge in [-0.2, -0.15) is 0 Å². The molecule has 0 saturated heterocycles. The minimum atomic E-state index is -0.510. The van der Waals surface area contributed by atoms with Gasteiger partial charge in [0.1, 0.15) is 18.0 Å². The molecule has 1 rings (SSSR count). The maximum atomic E-state index is 11.9. The Balaban J connectivity index is 2.51. The van der Waals surface area contributed by atoms with Gasteiger partial charge in [-0.25, -0.2) is 4.79 Å². The van der Waals surface area contributed by atoms with Crippen molar-refractivity contribution >= 4 is 5.97 Å². The summed E-state index contributed by atoms with van der Waals surface area (Å²) in [5.41, 5.74) is 5.27. The van der Waals surface area contributed by atoms with Crippen LogP contribution >= 0.6 is 0 Å². The van der Waals surface area contributed by atoms with Gasteiger partial charge < -0.3 is 19.9 Å². The van der Waals surface area contributed by atoms with Crippen LogP contribution in [0.25, 0.3) is 0 Å². The molecule has 0 aliphatic heterocycles. The van der Waals surface area contributed by atoms with E-state index in [1.165, 1.54) is 0 Å². The number of rotatable bonds is 7. The molecule has 20 heavy (non-hydrogen) atoms. The highest BCUT2D eigenvalue weighted by molar-refractivity contribution is 5.90. The van der Waals surface area contributed by atoms with Gasteiger partial charge >= 0.3 is 5.97 Å². The van der Waals surface area contributed by atoms with Crippen LogP contribution in [0.3, 0.4) is 0 Å². The van der Waals surface area contributed by atoms with Gasteiger partial charge in [0.05, 0.1) is 18.8 Å². The third-order valence-electron chi connectivity index (χ3n) is 2.23. The summed E-state index contributed by atoms with van der Waals surface area (Å²) in [6, 6.07) is 6.91. The number of hydrogen-bond donors (Lipinski definition) is 1. The lowest BCUT2D eigenvalue weighted by Crippen LogP contribution is -2.23. The minimum absolute atomic E-state index is 0.359. The molecule has 0 aliphatic carbocycles. The Morgan fingerprint density at radius 2 is 1.95 bits per heavy atom. The van der Waals surface area contributed by atoms with Crippen LogP contribution in [0.1, 0.15) is 31.1 Å². The van der Waals surface area contributed by atoms with E-state index in [9.17, 15) is 4.79 Å². The molecule has 0 spiro atoms. The van der Waals surface area contributed by atoms with Gasteiger partial charge in [-0.1, -0.05) is 6.07 Å². The van der Waals surface area contributed by atoms with E-state index < -0.39 is 5.60 Å². The van der Waals surface area contributed by atoms with Crippen LogP contribution < -0.4 is 10.5 Å². The Bertz CT molecular complexity index is 426. The van der Waals surface area contributed by atoms with Crippen LogP contribution in [0.4, 0.5) is 0 Å². The summed E-state index contributed by atoms with van der Waals surface area (Å²) in [7, 11) is 0. The van der Waals surface area contributed by atoms with Crippen molar-refractivity contribution in [3.8, 4) is 5.75 Å². The molecule has 0 aromatic heterocycles. The molecular weight excluding hydrogens is 258 g/mol. The summed E-state index contributed by atoms with van der Waals surface area (Å²) in [5.74, 6) is 0.257. The Kier molecular flexibility index (Phi) is 6.48. The fraction of sp³-hybridized carbons (Fsp3) is 0.533. The lowest BCUT2D eigenvalue weighted by atomic mass is 10.1. The van der Waals surface area contributed by atoms with Crippen molar-refractivity contribution in [2.75, 3.05) is 26.4 Å². The van der Waals surface area contributed by atoms with Crippen LogP contribution in [0.15, 0.2) is 24.3 Å². The van der Waals surface area contributed by atoms with Crippen molar-refractivity contribution < 1.29 is 19.0 Å². The first-order chi connectivity index (χ1) is 9.42. The SMILES string of the molecule is CC(C)(C)OC(=O)c1cccc(OCCOCCN)c1. The Hall–Kier alpha value is -1.59. The second kappa shape index (κ2) is 7.87. The molecule has 0 unspecified atom stereocenters. The van der Waals surface area contributed by atoms with E-state index >= 15 is 0 Å². The molecule has 1 aromatic rings. The first-order valence-corrected chi connectivity index (χ1v) is 6.66. The topological polar surface area (TPSA) is 70.8 Å². The zero-order valence-electron chi connectivity index (χ0n) is 12.3. The Morgan fingerprint density at radius 1 is 1.20 bits per heavy atom. The smallest absolute Gasteiger partial charge is 0.338 e. The molecule has 1 aromatic carbocycles. The molecule has 0 heterocycles. The number of carbonyl (C=O) groups is 1. The van der Waals surface area contributed by atoms with E-state index in [2.05, 4.69) is 0 Å². The fourth-order valence-electron chi connectivity index (χ4n) is 1.45. The number of benzene rings is 1. The molecule has 112 valence electrons. The van der Waals surface area contributed by atoms with Crippen molar-refractivity contribution in [2.45, 2.75) is 26.4 Å².